The van der Waals surface area contributed by atoms with Crippen molar-refractivity contribution in [2.24, 2.45) is 11.7 Å². The molecule has 2 N–H and O–H groups in total. The van der Waals surface area contributed by atoms with Gasteiger partial charge in [0.05, 0.1) is 6.61 Å². The van der Waals surface area contributed by atoms with E-state index in [9.17, 15) is 4.21 Å². The lowest BCUT2D eigenvalue weighted by molar-refractivity contribution is 0.168. The van der Waals surface area contributed by atoms with Crippen LogP contribution in [0.1, 0.15) is 19.3 Å². The van der Waals surface area contributed by atoms with Gasteiger partial charge in [-0.3, -0.25) is 4.21 Å². The molecule has 0 aliphatic heterocycles. The molecule has 0 saturated heterocycles. The van der Waals surface area contributed by atoms with E-state index in [1.807, 2.05) is 0 Å². The molecule has 0 aromatic heterocycles. The van der Waals surface area contributed by atoms with Crippen LogP contribution in [0.15, 0.2) is 0 Å². The zero-order valence-electron chi connectivity index (χ0n) is 7.33. The Morgan fingerprint density at radius 2 is 2.25 bits per heavy atom. The quantitative estimate of drug-likeness (QED) is 0.636. The molecular weight excluding hydrogens is 174 g/mol. The lowest BCUT2D eigenvalue weighted by atomic mass is 10.5. The molecule has 1 aliphatic rings. The average Bonchev–Trinajstić information content (AvgIpc) is 2.84. The van der Waals surface area contributed by atoms with Gasteiger partial charge in [0.15, 0.2) is 0 Å². The van der Waals surface area contributed by atoms with Gasteiger partial charge in [0, 0.05) is 16.6 Å². The van der Waals surface area contributed by atoms with Gasteiger partial charge in [-0.05, 0) is 31.7 Å². The number of hydrogen-bond donors (Lipinski definition) is 1. The van der Waals surface area contributed by atoms with E-state index in [-0.39, 0.29) is 0 Å². The van der Waals surface area contributed by atoms with Gasteiger partial charge in [-0.1, -0.05) is 0 Å². The van der Waals surface area contributed by atoms with Crippen molar-refractivity contribution >= 4 is 10.8 Å². The Balaban J connectivity index is 1.86. The van der Waals surface area contributed by atoms with E-state index in [4.69, 9.17) is 10.5 Å². The van der Waals surface area contributed by atoms with Gasteiger partial charge in [-0.2, -0.15) is 0 Å². The first-order chi connectivity index (χ1) is 5.83. The van der Waals surface area contributed by atoms with Gasteiger partial charge in [0.25, 0.3) is 0 Å². The summed E-state index contributed by atoms with van der Waals surface area (Å²) in [4.78, 5) is 0. The highest BCUT2D eigenvalue weighted by molar-refractivity contribution is 7.84. The Morgan fingerprint density at radius 1 is 1.50 bits per heavy atom. The summed E-state index contributed by atoms with van der Waals surface area (Å²) in [5.74, 6) is 1.84. The first-order valence-electron chi connectivity index (χ1n) is 4.45. The second kappa shape index (κ2) is 5.67. The molecule has 3 nitrogen and oxygen atoms in total. The van der Waals surface area contributed by atoms with Crippen molar-refractivity contribution in [1.82, 2.24) is 0 Å². The normalized spacial score (nSPS) is 19.4. The third-order valence-corrected chi connectivity index (χ3v) is 3.01. The summed E-state index contributed by atoms with van der Waals surface area (Å²) in [5.41, 5.74) is 5.29. The molecule has 1 aliphatic carbocycles. The van der Waals surface area contributed by atoms with Crippen molar-refractivity contribution in [1.29, 1.82) is 0 Å². The highest BCUT2D eigenvalue weighted by Crippen LogP contribution is 2.28. The molecule has 1 rings (SSSR count). The van der Waals surface area contributed by atoms with Gasteiger partial charge >= 0.3 is 0 Å². The largest absolute Gasteiger partial charge is 0.368 e. The maximum absolute atomic E-state index is 11.1. The minimum atomic E-state index is -0.811. The highest BCUT2D eigenvalue weighted by Gasteiger charge is 2.21. The molecule has 0 aromatic carbocycles. The van der Waals surface area contributed by atoms with Crippen LogP contribution in [0.5, 0.6) is 0 Å². The predicted octanol–water partition coefficient (Wildman–Crippen LogP) is 0.468. The third-order valence-electron chi connectivity index (χ3n) is 1.84. The number of hydrogen-bond acceptors (Lipinski definition) is 3. The minimum absolute atomic E-state index is 0.399. The molecule has 1 saturated carbocycles. The van der Waals surface area contributed by atoms with Crippen LogP contribution in [-0.2, 0) is 15.5 Å². The van der Waals surface area contributed by atoms with Crippen LogP contribution >= 0.6 is 0 Å². The molecule has 12 heavy (non-hydrogen) atoms. The Bertz CT molecular complexity index is 148. The van der Waals surface area contributed by atoms with Gasteiger partial charge in [0.2, 0.25) is 0 Å². The molecule has 1 atom stereocenters. The summed E-state index contributed by atoms with van der Waals surface area (Å²) >= 11 is 0. The summed E-state index contributed by atoms with van der Waals surface area (Å²) < 4.78 is 16.4. The van der Waals surface area contributed by atoms with E-state index in [2.05, 4.69) is 0 Å². The van der Waals surface area contributed by atoms with Crippen LogP contribution in [-0.4, -0.2) is 29.1 Å². The summed E-state index contributed by atoms with van der Waals surface area (Å²) in [7, 11) is -0.811. The molecule has 1 unspecified atom stereocenters. The standard InChI is InChI=1S/C8H17NO2S/c9-4-1-5-12(10)7-11-6-8-2-3-8/h8H,1-7,9H2. The predicted molar refractivity (Wildman–Crippen MR) is 50.2 cm³/mol. The maximum Gasteiger partial charge on any atom is 0.122 e. The molecule has 0 aromatic rings. The Hall–Kier alpha value is 0.0700. The molecule has 0 amide bonds. The van der Waals surface area contributed by atoms with E-state index in [1.165, 1.54) is 12.8 Å². The zero-order chi connectivity index (χ0) is 8.81. The van der Waals surface area contributed by atoms with Crippen molar-refractivity contribution in [3.63, 3.8) is 0 Å². The fraction of sp³-hybridized carbons (Fsp3) is 1.00. The van der Waals surface area contributed by atoms with Gasteiger partial charge in [-0.25, -0.2) is 0 Å². The van der Waals surface area contributed by atoms with Gasteiger partial charge < -0.3 is 10.5 Å². The topological polar surface area (TPSA) is 52.3 Å². The van der Waals surface area contributed by atoms with Gasteiger partial charge in [-0.15, -0.1) is 0 Å². The lowest BCUT2D eigenvalue weighted by Crippen LogP contribution is -2.11. The Kier molecular flexibility index (Phi) is 4.80. The number of rotatable bonds is 7. The molecule has 0 heterocycles. The zero-order valence-corrected chi connectivity index (χ0v) is 8.15. The van der Waals surface area contributed by atoms with E-state index >= 15 is 0 Å². The minimum Gasteiger partial charge on any atom is -0.368 e. The van der Waals surface area contributed by atoms with Crippen LogP contribution in [0, 0.1) is 5.92 Å². The van der Waals surface area contributed by atoms with Crippen molar-refractivity contribution in [2.45, 2.75) is 19.3 Å². The summed E-state index contributed by atoms with van der Waals surface area (Å²) in [6.07, 6.45) is 3.41. The van der Waals surface area contributed by atoms with E-state index in [1.54, 1.807) is 0 Å². The lowest BCUT2D eigenvalue weighted by Gasteiger charge is -2.02. The van der Waals surface area contributed by atoms with Crippen LogP contribution in [0.3, 0.4) is 0 Å². The summed E-state index contributed by atoms with van der Waals surface area (Å²) in [6.45, 7) is 1.42. The maximum atomic E-state index is 11.1. The fourth-order valence-corrected chi connectivity index (χ4v) is 1.78. The van der Waals surface area contributed by atoms with Crippen LogP contribution in [0.4, 0.5) is 0 Å². The third kappa shape index (κ3) is 4.85. The van der Waals surface area contributed by atoms with Gasteiger partial charge in [0.1, 0.15) is 5.94 Å². The van der Waals surface area contributed by atoms with E-state index in [0.717, 1.165) is 18.9 Å². The molecule has 72 valence electrons. The first-order valence-corrected chi connectivity index (χ1v) is 5.94. The summed E-state index contributed by atoms with van der Waals surface area (Å²) in [5, 5.41) is 0. The summed E-state index contributed by atoms with van der Waals surface area (Å²) in [6, 6.07) is 0. The number of ether oxygens (including phenoxy) is 1. The van der Waals surface area contributed by atoms with Crippen molar-refractivity contribution in [2.75, 3.05) is 24.8 Å². The molecule has 0 radical (unpaired) electrons. The van der Waals surface area contributed by atoms with Crippen molar-refractivity contribution < 1.29 is 8.95 Å². The first kappa shape index (κ1) is 10.2. The van der Waals surface area contributed by atoms with Crippen molar-refractivity contribution in [3.8, 4) is 0 Å². The van der Waals surface area contributed by atoms with E-state index < -0.39 is 10.8 Å². The second-order valence-electron chi connectivity index (χ2n) is 3.22. The average molecular weight is 191 g/mol. The smallest absolute Gasteiger partial charge is 0.122 e. The fourth-order valence-electron chi connectivity index (χ4n) is 0.895. The molecule has 4 heteroatoms. The molecule has 1 fully saturated rings. The molecule has 0 spiro atoms. The SMILES string of the molecule is NCCCS(=O)COCC1CC1. The Morgan fingerprint density at radius 3 is 2.83 bits per heavy atom. The Labute approximate surface area is 76.1 Å². The monoisotopic (exact) mass is 191 g/mol. The van der Waals surface area contributed by atoms with Crippen LogP contribution in [0.2, 0.25) is 0 Å². The van der Waals surface area contributed by atoms with Crippen LogP contribution in [0.25, 0.3) is 0 Å². The van der Waals surface area contributed by atoms with Crippen LogP contribution < -0.4 is 5.73 Å². The van der Waals surface area contributed by atoms with E-state index in [0.29, 0.717) is 18.2 Å². The number of nitrogens with two attached hydrogens (primary N) is 1. The van der Waals surface area contributed by atoms with Crippen molar-refractivity contribution in [3.05, 3.63) is 0 Å². The molecular formula is C8H17NO2S. The molecule has 0 bridgehead atoms. The highest BCUT2D eigenvalue weighted by atomic mass is 32.2. The second-order valence-corrected chi connectivity index (χ2v) is 4.74.